The topological polar surface area (TPSA) is 94.6 Å². The summed E-state index contributed by atoms with van der Waals surface area (Å²) in [6, 6.07) is 5.80. The number of ether oxygens (including phenoxy) is 2. The Hall–Kier alpha value is -2.82. The van der Waals surface area contributed by atoms with E-state index in [0.717, 1.165) is 12.1 Å². The van der Waals surface area contributed by atoms with Crippen LogP contribution in [-0.4, -0.2) is 30.7 Å². The molecule has 1 aromatic heterocycles. The maximum absolute atomic E-state index is 13.6. The van der Waals surface area contributed by atoms with Gasteiger partial charge < -0.3 is 9.47 Å². The van der Waals surface area contributed by atoms with Crippen LogP contribution in [0.4, 0.5) is 13.2 Å². The summed E-state index contributed by atoms with van der Waals surface area (Å²) in [7, 11) is -4.10. The first kappa shape index (κ1) is 25.4. The number of nitrogens with zero attached hydrogens (tertiary/aromatic N) is 1. The Morgan fingerprint density at radius 2 is 1.81 bits per heavy atom. The van der Waals surface area contributed by atoms with Gasteiger partial charge >= 0.3 is 6.18 Å². The number of rotatable bonds is 7. The number of benzene rings is 1. The van der Waals surface area contributed by atoms with Crippen molar-refractivity contribution in [1.82, 2.24) is 9.71 Å². The third-order valence-corrected chi connectivity index (χ3v) is 6.44. The molecule has 0 fully saturated rings. The van der Waals surface area contributed by atoms with Crippen molar-refractivity contribution in [2.45, 2.75) is 51.6 Å². The van der Waals surface area contributed by atoms with E-state index in [0.29, 0.717) is 24.1 Å². The molecule has 0 bridgehead atoms. The highest BCUT2D eigenvalue weighted by Crippen LogP contribution is 2.38. The van der Waals surface area contributed by atoms with Gasteiger partial charge in [-0.3, -0.25) is 9.78 Å². The van der Waals surface area contributed by atoms with Crippen molar-refractivity contribution in [2.75, 3.05) is 6.61 Å². The van der Waals surface area contributed by atoms with E-state index >= 15 is 0 Å². The largest absolute Gasteiger partial charge is 0.492 e. The predicted molar refractivity (Wildman–Crippen MR) is 112 cm³/mol. The summed E-state index contributed by atoms with van der Waals surface area (Å²) in [6.07, 6.45) is -4.25. The van der Waals surface area contributed by atoms with Crippen LogP contribution < -0.4 is 14.2 Å². The number of amides is 1. The third-order valence-electron chi connectivity index (χ3n) is 4.37. The van der Waals surface area contributed by atoms with E-state index in [-0.39, 0.29) is 0 Å². The molecule has 2 rings (SSSR count). The first-order valence-corrected chi connectivity index (χ1v) is 11.2. The van der Waals surface area contributed by atoms with Crippen LogP contribution in [0.5, 0.6) is 11.5 Å². The molecule has 1 heterocycles. The number of nitrogens with one attached hydrogen (secondary N) is 1. The molecule has 11 heteroatoms. The Morgan fingerprint density at radius 1 is 1.16 bits per heavy atom. The Morgan fingerprint density at radius 3 is 2.31 bits per heavy atom. The molecule has 0 spiro atoms. The minimum Gasteiger partial charge on any atom is -0.492 e. The zero-order valence-corrected chi connectivity index (χ0v) is 19.1. The maximum atomic E-state index is 13.6. The van der Waals surface area contributed by atoms with Crippen LogP contribution >= 0.6 is 0 Å². The first-order chi connectivity index (χ1) is 14.7. The number of carbonyl (C=O) groups excluding carboxylic acids is 1. The van der Waals surface area contributed by atoms with Crippen molar-refractivity contribution in [3.8, 4) is 11.5 Å². The molecule has 1 unspecified atom stereocenters. The quantitative estimate of drug-likeness (QED) is 0.635. The number of sulfonamides is 1. The normalized spacial score (nSPS) is 13.4. The van der Waals surface area contributed by atoms with Crippen molar-refractivity contribution in [2.24, 2.45) is 0 Å². The van der Waals surface area contributed by atoms with E-state index in [1.807, 2.05) is 0 Å². The van der Waals surface area contributed by atoms with Crippen LogP contribution in [0.3, 0.4) is 0 Å². The van der Waals surface area contributed by atoms with Crippen LogP contribution in [0, 0.1) is 0 Å². The molecule has 0 radical (unpaired) electrons. The number of hydrogen-bond donors (Lipinski definition) is 1. The van der Waals surface area contributed by atoms with Gasteiger partial charge in [0.05, 0.1) is 28.8 Å². The molecule has 0 aliphatic carbocycles. The van der Waals surface area contributed by atoms with E-state index in [2.05, 4.69) is 4.98 Å². The van der Waals surface area contributed by atoms with Crippen LogP contribution in [0.2, 0.25) is 0 Å². The summed E-state index contributed by atoms with van der Waals surface area (Å²) < 4.78 is 76.5. The van der Waals surface area contributed by atoms with Gasteiger partial charge in [0, 0.05) is 5.56 Å². The highest BCUT2D eigenvalue weighted by Gasteiger charge is 2.37. The fourth-order valence-corrected chi connectivity index (χ4v) is 3.13. The number of halogens is 3. The van der Waals surface area contributed by atoms with Crippen molar-refractivity contribution in [3.05, 3.63) is 53.3 Å². The van der Waals surface area contributed by atoms with E-state index in [1.54, 1.807) is 23.8 Å². The lowest BCUT2D eigenvalue weighted by Gasteiger charge is -2.21. The monoisotopic (exact) mass is 474 g/mol. The van der Waals surface area contributed by atoms with Crippen molar-refractivity contribution in [3.63, 3.8) is 0 Å². The SMILES string of the molecule is CCOc1ccc(C(C)Oc2ccc(C(=O)NS(=O)(=O)C(C)(C)C)cc2C(F)(F)F)nc1. The average molecular weight is 475 g/mol. The minimum atomic E-state index is -4.85. The molecular weight excluding hydrogens is 449 g/mol. The fourth-order valence-electron chi connectivity index (χ4n) is 2.46. The zero-order valence-electron chi connectivity index (χ0n) is 18.3. The molecule has 176 valence electrons. The molecule has 0 saturated carbocycles. The second-order valence-corrected chi connectivity index (χ2v) is 10.3. The van der Waals surface area contributed by atoms with Gasteiger partial charge in [-0.2, -0.15) is 13.2 Å². The van der Waals surface area contributed by atoms with Gasteiger partial charge in [-0.05, 0) is 65.0 Å². The van der Waals surface area contributed by atoms with E-state index < -0.39 is 49.8 Å². The molecule has 1 amide bonds. The summed E-state index contributed by atoms with van der Waals surface area (Å²) in [5, 5.41) is 0. The lowest BCUT2D eigenvalue weighted by molar-refractivity contribution is -0.139. The highest BCUT2D eigenvalue weighted by molar-refractivity contribution is 7.91. The van der Waals surface area contributed by atoms with E-state index in [1.165, 1.54) is 33.9 Å². The van der Waals surface area contributed by atoms with Gasteiger partial charge in [-0.15, -0.1) is 0 Å². The maximum Gasteiger partial charge on any atom is 0.419 e. The first-order valence-electron chi connectivity index (χ1n) is 9.69. The highest BCUT2D eigenvalue weighted by atomic mass is 32.2. The Labute approximate surface area is 185 Å². The molecule has 1 atom stereocenters. The van der Waals surface area contributed by atoms with Crippen molar-refractivity contribution in [1.29, 1.82) is 0 Å². The van der Waals surface area contributed by atoms with Gasteiger partial charge in [0.25, 0.3) is 5.91 Å². The molecule has 1 aromatic carbocycles. The number of hydrogen-bond acceptors (Lipinski definition) is 6. The van der Waals surface area contributed by atoms with Crippen LogP contribution in [-0.2, 0) is 16.2 Å². The smallest absolute Gasteiger partial charge is 0.419 e. The second kappa shape index (κ2) is 9.35. The Balaban J connectivity index is 2.32. The zero-order chi connectivity index (χ0) is 24.3. The Bertz CT molecular complexity index is 1060. The lowest BCUT2D eigenvalue weighted by atomic mass is 10.1. The summed E-state index contributed by atoms with van der Waals surface area (Å²) in [5.74, 6) is -1.17. The molecule has 32 heavy (non-hydrogen) atoms. The second-order valence-electron chi connectivity index (χ2n) is 7.87. The third kappa shape index (κ3) is 6.12. The van der Waals surface area contributed by atoms with Crippen LogP contribution in [0.1, 0.15) is 62.3 Å². The molecule has 0 aliphatic rings. The van der Waals surface area contributed by atoms with Crippen molar-refractivity contribution < 1.29 is 35.9 Å². The van der Waals surface area contributed by atoms with Gasteiger partial charge in [0.1, 0.15) is 17.6 Å². The van der Waals surface area contributed by atoms with Gasteiger partial charge in [-0.1, -0.05) is 0 Å². The lowest BCUT2D eigenvalue weighted by Crippen LogP contribution is -2.42. The Kier molecular flexibility index (Phi) is 7.44. The summed E-state index contributed by atoms with van der Waals surface area (Å²) in [5.41, 5.74) is -1.31. The molecule has 2 aromatic rings. The molecular formula is C21H25F3N2O5S. The van der Waals surface area contributed by atoms with Crippen molar-refractivity contribution >= 4 is 15.9 Å². The van der Waals surface area contributed by atoms with Crippen LogP contribution in [0.25, 0.3) is 0 Å². The number of carbonyl (C=O) groups is 1. The molecule has 1 N–H and O–H groups in total. The molecule has 7 nitrogen and oxygen atoms in total. The predicted octanol–water partition coefficient (Wildman–Crippen LogP) is 4.50. The summed E-state index contributed by atoms with van der Waals surface area (Å²) >= 11 is 0. The fraction of sp³-hybridized carbons (Fsp3) is 0.429. The number of alkyl halides is 3. The van der Waals surface area contributed by atoms with E-state index in [4.69, 9.17) is 9.47 Å². The van der Waals surface area contributed by atoms with Gasteiger partial charge in [0.2, 0.25) is 10.0 Å². The minimum absolute atomic E-state index is 0.375. The van der Waals surface area contributed by atoms with Gasteiger partial charge in [-0.25, -0.2) is 13.1 Å². The average Bonchev–Trinajstić information content (AvgIpc) is 2.67. The number of pyridine rings is 1. The standard InChI is InChI=1S/C21H25F3N2O5S/c1-6-30-15-8-9-17(25-12-15)13(2)31-18-10-7-14(11-16(18)21(22,23)24)19(27)26-32(28,29)20(3,4)5/h7-13H,6H2,1-5H3,(H,26,27). The van der Waals surface area contributed by atoms with Crippen LogP contribution in [0.15, 0.2) is 36.5 Å². The molecule has 0 aliphatic heterocycles. The number of aromatic nitrogens is 1. The summed E-state index contributed by atoms with van der Waals surface area (Å²) in [4.78, 5) is 16.4. The van der Waals surface area contributed by atoms with Gasteiger partial charge in [0.15, 0.2) is 0 Å². The van der Waals surface area contributed by atoms with E-state index in [9.17, 15) is 26.4 Å². The molecule has 0 saturated heterocycles. The summed E-state index contributed by atoms with van der Waals surface area (Å²) in [6.45, 7) is 7.85.